The van der Waals surface area contributed by atoms with Gasteiger partial charge in [0.05, 0.1) is 0 Å². The molecule has 0 saturated carbocycles. The van der Waals surface area contributed by atoms with E-state index in [4.69, 9.17) is 0 Å². The molecule has 1 atom stereocenters. The van der Waals surface area contributed by atoms with Crippen LogP contribution in [0, 0.1) is 0 Å². The second-order valence-corrected chi connectivity index (χ2v) is 4.50. The Labute approximate surface area is 124 Å². The highest BCUT2D eigenvalue weighted by molar-refractivity contribution is 6.01. The van der Waals surface area contributed by atoms with Gasteiger partial charge >= 0.3 is 0 Å². The first-order valence-corrected chi connectivity index (χ1v) is 5.86. The number of halogens is 2. The quantitative estimate of drug-likeness (QED) is 0.674. The average Bonchev–Trinajstić information content (AvgIpc) is 2.78. The van der Waals surface area contributed by atoms with Crippen LogP contribution in [-0.4, -0.2) is 6.21 Å². The van der Waals surface area contributed by atoms with Gasteiger partial charge in [0, 0.05) is 6.21 Å². The molecule has 0 saturated heterocycles. The molecule has 1 nitrogen and oxygen atoms in total. The SMILES string of the molecule is C1=NC2C(=Cc3ccccc32)c2ccccc21.Cl.Cl. The molecule has 1 heterocycles. The Hall–Kier alpha value is -1.57. The normalized spacial score (nSPS) is 17.3. The van der Waals surface area contributed by atoms with E-state index in [1.54, 1.807) is 0 Å². The van der Waals surface area contributed by atoms with E-state index in [-0.39, 0.29) is 30.9 Å². The highest BCUT2D eigenvalue weighted by Gasteiger charge is 2.28. The summed E-state index contributed by atoms with van der Waals surface area (Å²) in [6.07, 6.45) is 4.27. The van der Waals surface area contributed by atoms with Crippen molar-refractivity contribution in [3.8, 4) is 0 Å². The van der Waals surface area contributed by atoms with Gasteiger partial charge in [-0.05, 0) is 33.9 Å². The maximum absolute atomic E-state index is 4.68. The fourth-order valence-electron chi connectivity index (χ4n) is 2.72. The summed E-state index contributed by atoms with van der Waals surface area (Å²) >= 11 is 0. The van der Waals surface area contributed by atoms with Crippen LogP contribution >= 0.6 is 24.8 Å². The van der Waals surface area contributed by atoms with Gasteiger partial charge in [-0.25, -0.2) is 0 Å². The molecule has 1 aliphatic heterocycles. The van der Waals surface area contributed by atoms with Crippen LogP contribution in [0.4, 0.5) is 0 Å². The van der Waals surface area contributed by atoms with Crippen LogP contribution < -0.4 is 0 Å². The van der Waals surface area contributed by atoms with Crippen LogP contribution in [-0.2, 0) is 0 Å². The van der Waals surface area contributed by atoms with Gasteiger partial charge in [-0.3, -0.25) is 4.99 Å². The number of aliphatic imine (C=N–C) groups is 1. The van der Waals surface area contributed by atoms with Crippen molar-refractivity contribution in [2.45, 2.75) is 6.04 Å². The minimum atomic E-state index is 0. The molecule has 2 aromatic rings. The maximum Gasteiger partial charge on any atom is 0.101 e. The topological polar surface area (TPSA) is 12.4 Å². The minimum Gasteiger partial charge on any atom is -0.280 e. The standard InChI is InChI=1S/C16H11N.2ClH/c1-4-8-14-11(5-1)9-15-13-7-3-2-6-12(13)10-17-16(14)15;;/h1-10,16H;2*1H. The van der Waals surface area contributed by atoms with Crippen molar-refractivity contribution >= 4 is 42.7 Å². The van der Waals surface area contributed by atoms with Crippen LogP contribution in [0.1, 0.15) is 28.3 Å². The van der Waals surface area contributed by atoms with Crippen LogP contribution in [0.25, 0.3) is 11.6 Å². The molecule has 1 aliphatic carbocycles. The number of rotatable bonds is 0. The molecule has 2 aromatic carbocycles. The summed E-state index contributed by atoms with van der Waals surface area (Å²) in [5, 5.41) is 0. The molecule has 0 bridgehead atoms. The molecule has 19 heavy (non-hydrogen) atoms. The largest absolute Gasteiger partial charge is 0.280 e. The molecule has 96 valence electrons. The summed E-state index contributed by atoms with van der Waals surface area (Å²) in [7, 11) is 0. The van der Waals surface area contributed by atoms with E-state index in [1.807, 2.05) is 6.21 Å². The van der Waals surface area contributed by atoms with Gasteiger partial charge in [-0.2, -0.15) is 0 Å². The fraction of sp³-hybridized carbons (Fsp3) is 0.0625. The van der Waals surface area contributed by atoms with Crippen LogP contribution in [0.15, 0.2) is 53.5 Å². The Morgan fingerprint density at radius 1 is 0.789 bits per heavy atom. The summed E-state index contributed by atoms with van der Waals surface area (Å²) in [5.74, 6) is 0. The first-order valence-electron chi connectivity index (χ1n) is 5.86. The van der Waals surface area contributed by atoms with Crippen LogP contribution in [0.3, 0.4) is 0 Å². The molecule has 4 rings (SSSR count). The Morgan fingerprint density at radius 2 is 1.47 bits per heavy atom. The van der Waals surface area contributed by atoms with Crippen LogP contribution in [0.2, 0.25) is 0 Å². The maximum atomic E-state index is 4.68. The number of hydrogen-bond donors (Lipinski definition) is 0. The number of benzene rings is 2. The van der Waals surface area contributed by atoms with E-state index in [0.29, 0.717) is 0 Å². The summed E-state index contributed by atoms with van der Waals surface area (Å²) < 4.78 is 0. The number of hydrogen-bond acceptors (Lipinski definition) is 1. The van der Waals surface area contributed by atoms with E-state index < -0.39 is 0 Å². The van der Waals surface area contributed by atoms with Crippen molar-refractivity contribution in [3.63, 3.8) is 0 Å². The number of nitrogens with zero attached hydrogens (tertiary/aromatic N) is 1. The van der Waals surface area contributed by atoms with Gasteiger partial charge in [-0.1, -0.05) is 48.5 Å². The Kier molecular flexibility index (Phi) is 3.79. The molecule has 0 radical (unpaired) electrons. The Balaban J connectivity index is 0.000000667. The lowest BCUT2D eigenvalue weighted by molar-refractivity contribution is 0.946. The monoisotopic (exact) mass is 289 g/mol. The summed E-state index contributed by atoms with van der Waals surface area (Å²) in [5.41, 5.74) is 6.52. The molecule has 3 heteroatoms. The molecule has 0 spiro atoms. The molecule has 2 aliphatic rings. The summed E-state index contributed by atoms with van der Waals surface area (Å²) in [6.45, 7) is 0. The Morgan fingerprint density at radius 3 is 2.32 bits per heavy atom. The lowest BCUT2D eigenvalue weighted by Crippen LogP contribution is -2.04. The molecule has 0 amide bonds. The fourth-order valence-corrected chi connectivity index (χ4v) is 2.72. The zero-order valence-electron chi connectivity index (χ0n) is 10.1. The van der Waals surface area contributed by atoms with E-state index in [1.165, 1.54) is 27.8 Å². The second kappa shape index (κ2) is 5.20. The van der Waals surface area contributed by atoms with E-state index >= 15 is 0 Å². The lowest BCUT2D eigenvalue weighted by atomic mass is 9.92. The third-order valence-corrected chi connectivity index (χ3v) is 3.53. The number of fused-ring (bicyclic) bond motifs is 5. The van der Waals surface area contributed by atoms with Crippen molar-refractivity contribution in [1.29, 1.82) is 0 Å². The van der Waals surface area contributed by atoms with Gasteiger partial charge in [0.25, 0.3) is 0 Å². The molecule has 0 N–H and O–H groups in total. The smallest absolute Gasteiger partial charge is 0.101 e. The Bertz CT molecular complexity index is 674. The third kappa shape index (κ3) is 1.99. The van der Waals surface area contributed by atoms with Crippen molar-refractivity contribution < 1.29 is 0 Å². The third-order valence-electron chi connectivity index (χ3n) is 3.53. The van der Waals surface area contributed by atoms with Gasteiger partial charge in [0.2, 0.25) is 0 Å². The first-order chi connectivity index (χ1) is 8.43. The summed E-state index contributed by atoms with van der Waals surface area (Å²) in [6, 6.07) is 17.2. The molecular weight excluding hydrogens is 277 g/mol. The predicted octanol–water partition coefficient (Wildman–Crippen LogP) is 4.56. The predicted molar refractivity (Wildman–Crippen MR) is 85.6 cm³/mol. The van der Waals surface area contributed by atoms with E-state index in [2.05, 4.69) is 59.6 Å². The molecule has 1 unspecified atom stereocenters. The zero-order valence-corrected chi connectivity index (χ0v) is 11.7. The van der Waals surface area contributed by atoms with Crippen molar-refractivity contribution in [2.75, 3.05) is 0 Å². The highest BCUT2D eigenvalue weighted by atomic mass is 35.5. The molecule has 0 fully saturated rings. The average molecular weight is 290 g/mol. The van der Waals surface area contributed by atoms with Gasteiger partial charge in [0.15, 0.2) is 0 Å². The summed E-state index contributed by atoms with van der Waals surface area (Å²) in [4.78, 5) is 4.68. The van der Waals surface area contributed by atoms with Crippen molar-refractivity contribution in [3.05, 3.63) is 70.8 Å². The lowest BCUT2D eigenvalue weighted by Gasteiger charge is -2.18. The zero-order chi connectivity index (χ0) is 11.2. The second-order valence-electron chi connectivity index (χ2n) is 4.50. The van der Waals surface area contributed by atoms with Gasteiger partial charge < -0.3 is 0 Å². The van der Waals surface area contributed by atoms with Crippen molar-refractivity contribution in [1.82, 2.24) is 0 Å². The van der Waals surface area contributed by atoms with Crippen LogP contribution in [0.5, 0.6) is 0 Å². The highest BCUT2D eigenvalue weighted by Crippen LogP contribution is 2.45. The van der Waals surface area contributed by atoms with Gasteiger partial charge in [0.1, 0.15) is 6.04 Å². The van der Waals surface area contributed by atoms with Crippen molar-refractivity contribution in [2.24, 2.45) is 4.99 Å². The van der Waals surface area contributed by atoms with E-state index in [9.17, 15) is 0 Å². The minimum absolute atomic E-state index is 0. The first kappa shape index (κ1) is 13.9. The van der Waals surface area contributed by atoms with E-state index in [0.717, 1.165) is 0 Å². The molecular formula is C16H13Cl2N. The molecule has 0 aromatic heterocycles. The van der Waals surface area contributed by atoms with Gasteiger partial charge in [-0.15, -0.1) is 24.8 Å².